The van der Waals surface area contributed by atoms with Crippen LogP contribution >= 0.6 is 11.6 Å². The van der Waals surface area contributed by atoms with E-state index in [4.69, 9.17) is 17.3 Å². The van der Waals surface area contributed by atoms with Gasteiger partial charge >= 0.3 is 0 Å². The summed E-state index contributed by atoms with van der Waals surface area (Å²) >= 11 is 5.97. The maximum Gasteiger partial charge on any atom is 0.242 e. The minimum absolute atomic E-state index is 0.0344. The van der Waals surface area contributed by atoms with Crippen molar-refractivity contribution in [2.45, 2.75) is 24.9 Å². The lowest BCUT2D eigenvalue weighted by Gasteiger charge is -2.10. The van der Waals surface area contributed by atoms with Gasteiger partial charge in [0.05, 0.1) is 5.02 Å². The highest BCUT2D eigenvalue weighted by molar-refractivity contribution is 7.89. The normalized spacial score (nSPS) is 11.6. The van der Waals surface area contributed by atoms with Crippen molar-refractivity contribution in [3.8, 4) is 0 Å². The minimum Gasteiger partial charge on any atom is -0.326 e. The van der Waals surface area contributed by atoms with Crippen LogP contribution in [0.2, 0.25) is 5.02 Å². The van der Waals surface area contributed by atoms with Crippen LogP contribution in [0.15, 0.2) is 41.4 Å². The molecule has 0 fully saturated rings. The molecule has 0 radical (unpaired) electrons. The molecule has 0 aliphatic rings. The summed E-state index contributed by atoms with van der Waals surface area (Å²) in [5.41, 5.74) is 7.88. The van der Waals surface area contributed by atoms with Gasteiger partial charge in [0, 0.05) is 25.0 Å². The van der Waals surface area contributed by atoms with Gasteiger partial charge in [-0.15, -0.1) is 0 Å². The first kappa shape index (κ1) is 15.9. The highest BCUT2D eigenvalue weighted by Gasteiger charge is 2.18. The molecule has 1 aromatic heterocycles. The van der Waals surface area contributed by atoms with Gasteiger partial charge in [-0.05, 0) is 36.2 Å². The van der Waals surface area contributed by atoms with Crippen LogP contribution < -0.4 is 10.5 Å². The predicted octanol–water partition coefficient (Wildman–Crippen LogP) is 1.98. The number of aromatic nitrogens is 1. The molecule has 21 heavy (non-hydrogen) atoms. The van der Waals surface area contributed by atoms with E-state index in [1.54, 1.807) is 12.3 Å². The second-order valence-corrected chi connectivity index (χ2v) is 6.74. The van der Waals surface area contributed by atoms with Crippen molar-refractivity contribution < 1.29 is 8.42 Å². The van der Waals surface area contributed by atoms with Crippen LogP contribution in [-0.4, -0.2) is 13.4 Å². The highest BCUT2D eigenvalue weighted by Crippen LogP contribution is 2.22. The van der Waals surface area contributed by atoms with Crippen molar-refractivity contribution in [3.63, 3.8) is 0 Å². The number of benzene rings is 1. The van der Waals surface area contributed by atoms with Crippen molar-refractivity contribution >= 4 is 21.6 Å². The van der Waals surface area contributed by atoms with Crippen molar-refractivity contribution in [1.82, 2.24) is 9.71 Å². The van der Waals surface area contributed by atoms with E-state index in [-0.39, 0.29) is 23.0 Å². The molecule has 0 aliphatic heterocycles. The van der Waals surface area contributed by atoms with Gasteiger partial charge in [-0.1, -0.05) is 23.7 Å². The van der Waals surface area contributed by atoms with Crippen LogP contribution in [0.4, 0.5) is 0 Å². The number of aryl methyl sites for hydroxylation is 1. The number of pyridine rings is 1. The third-order valence-corrected chi connectivity index (χ3v) is 4.84. The van der Waals surface area contributed by atoms with E-state index in [0.29, 0.717) is 5.56 Å². The molecule has 2 aromatic rings. The molecule has 0 amide bonds. The summed E-state index contributed by atoms with van der Waals surface area (Å²) < 4.78 is 27.1. The van der Waals surface area contributed by atoms with E-state index in [2.05, 4.69) is 9.71 Å². The molecule has 7 heteroatoms. The van der Waals surface area contributed by atoms with Crippen molar-refractivity contribution in [2.24, 2.45) is 5.73 Å². The molecule has 5 nitrogen and oxygen atoms in total. The maximum atomic E-state index is 12.3. The van der Waals surface area contributed by atoms with Gasteiger partial charge in [-0.2, -0.15) is 0 Å². The second kappa shape index (κ2) is 6.53. The molecule has 0 bridgehead atoms. The molecule has 3 N–H and O–H groups in total. The zero-order valence-electron chi connectivity index (χ0n) is 11.5. The Morgan fingerprint density at radius 2 is 1.95 bits per heavy atom. The molecule has 1 aromatic carbocycles. The fourth-order valence-electron chi connectivity index (χ4n) is 1.74. The summed E-state index contributed by atoms with van der Waals surface area (Å²) in [7, 11) is -3.70. The third-order valence-electron chi connectivity index (χ3n) is 2.96. The number of halogens is 1. The molecule has 0 saturated carbocycles. The fraction of sp³-hybridized carbons (Fsp3) is 0.214. The van der Waals surface area contributed by atoms with Crippen LogP contribution in [0.1, 0.15) is 16.8 Å². The van der Waals surface area contributed by atoms with Gasteiger partial charge < -0.3 is 5.73 Å². The fourth-order valence-corrected chi connectivity index (χ4v) is 3.31. The smallest absolute Gasteiger partial charge is 0.242 e. The van der Waals surface area contributed by atoms with Gasteiger partial charge in [0.25, 0.3) is 0 Å². The van der Waals surface area contributed by atoms with Crippen molar-refractivity contribution in [1.29, 1.82) is 0 Å². The van der Waals surface area contributed by atoms with Gasteiger partial charge in [0.2, 0.25) is 10.0 Å². The Hall–Kier alpha value is -1.47. The molecule has 112 valence electrons. The zero-order valence-corrected chi connectivity index (χ0v) is 13.1. The Morgan fingerprint density at radius 3 is 2.57 bits per heavy atom. The number of nitrogens with two attached hydrogens (primary N) is 1. The van der Waals surface area contributed by atoms with E-state index in [0.717, 1.165) is 11.3 Å². The lowest BCUT2D eigenvalue weighted by atomic mass is 10.2. The molecule has 0 unspecified atom stereocenters. The third kappa shape index (κ3) is 4.01. The van der Waals surface area contributed by atoms with Crippen molar-refractivity contribution in [3.05, 3.63) is 58.4 Å². The number of hydrogen-bond acceptors (Lipinski definition) is 4. The zero-order chi connectivity index (χ0) is 15.5. The predicted molar refractivity (Wildman–Crippen MR) is 82.3 cm³/mol. The van der Waals surface area contributed by atoms with Crippen LogP contribution in [0.5, 0.6) is 0 Å². The largest absolute Gasteiger partial charge is 0.326 e. The Balaban J connectivity index is 2.20. The number of nitrogens with one attached hydrogen (secondary N) is 1. The van der Waals surface area contributed by atoms with Gasteiger partial charge in [0.15, 0.2) is 0 Å². The SMILES string of the molecule is Cc1ccc(CNS(=O)(=O)c2cc(CN)ccc2Cl)cn1. The molecule has 0 aliphatic carbocycles. The number of sulfonamides is 1. The molecule has 0 spiro atoms. The lowest BCUT2D eigenvalue weighted by Crippen LogP contribution is -2.24. The topological polar surface area (TPSA) is 85.1 Å². The van der Waals surface area contributed by atoms with Crippen LogP contribution in [0, 0.1) is 6.92 Å². The number of nitrogens with zero attached hydrogens (tertiary/aromatic N) is 1. The van der Waals surface area contributed by atoms with Crippen LogP contribution in [-0.2, 0) is 23.1 Å². The number of rotatable bonds is 5. The van der Waals surface area contributed by atoms with E-state index in [1.165, 1.54) is 12.1 Å². The lowest BCUT2D eigenvalue weighted by molar-refractivity contribution is 0.581. The molecular formula is C14H16ClN3O2S. The van der Waals surface area contributed by atoms with Gasteiger partial charge in [-0.25, -0.2) is 13.1 Å². The monoisotopic (exact) mass is 325 g/mol. The quantitative estimate of drug-likeness (QED) is 0.880. The standard InChI is InChI=1S/C14H16ClN3O2S/c1-10-2-3-12(8-17-10)9-18-21(19,20)14-6-11(7-16)4-5-13(14)15/h2-6,8,18H,7,9,16H2,1H3. The highest BCUT2D eigenvalue weighted by atomic mass is 35.5. The first-order valence-corrected chi connectivity index (χ1v) is 8.18. The van der Waals surface area contributed by atoms with Crippen LogP contribution in [0.25, 0.3) is 0 Å². The molecule has 1 heterocycles. The Morgan fingerprint density at radius 1 is 1.24 bits per heavy atom. The average molecular weight is 326 g/mol. The maximum absolute atomic E-state index is 12.3. The molecular weight excluding hydrogens is 310 g/mol. The van der Waals surface area contributed by atoms with Gasteiger partial charge in [-0.3, -0.25) is 4.98 Å². The average Bonchev–Trinajstić information content (AvgIpc) is 2.47. The second-order valence-electron chi connectivity index (χ2n) is 4.60. The van der Waals surface area contributed by atoms with Crippen molar-refractivity contribution in [2.75, 3.05) is 0 Å². The Bertz CT molecular complexity index is 730. The van der Waals surface area contributed by atoms with E-state index < -0.39 is 10.0 Å². The van der Waals surface area contributed by atoms with E-state index >= 15 is 0 Å². The molecule has 2 rings (SSSR count). The molecule has 0 saturated heterocycles. The molecule has 0 atom stereocenters. The first-order chi connectivity index (χ1) is 9.92. The minimum atomic E-state index is -3.70. The summed E-state index contributed by atoms with van der Waals surface area (Å²) in [5, 5.41) is 0.168. The van der Waals surface area contributed by atoms with Crippen LogP contribution in [0.3, 0.4) is 0 Å². The van der Waals surface area contributed by atoms with E-state index in [9.17, 15) is 8.42 Å². The summed E-state index contributed by atoms with van der Waals surface area (Å²) in [6.45, 7) is 2.27. The summed E-state index contributed by atoms with van der Waals surface area (Å²) in [6.07, 6.45) is 1.63. The summed E-state index contributed by atoms with van der Waals surface area (Å²) in [6, 6.07) is 8.36. The summed E-state index contributed by atoms with van der Waals surface area (Å²) in [5.74, 6) is 0. The Kier molecular flexibility index (Phi) is 4.95. The number of hydrogen-bond donors (Lipinski definition) is 2. The Labute approximate surface area is 129 Å². The summed E-state index contributed by atoms with van der Waals surface area (Å²) in [4.78, 5) is 4.15. The van der Waals surface area contributed by atoms with E-state index in [1.807, 2.05) is 19.1 Å². The van der Waals surface area contributed by atoms with Gasteiger partial charge in [0.1, 0.15) is 4.90 Å². The first-order valence-electron chi connectivity index (χ1n) is 6.32.